The molecule has 0 atom stereocenters. The number of hydrazone groups is 1. The number of amidine groups is 1. The van der Waals surface area contributed by atoms with Gasteiger partial charge in [0.15, 0.2) is 5.84 Å². The van der Waals surface area contributed by atoms with E-state index in [-0.39, 0.29) is 5.69 Å². The number of halogens is 5. The number of nitriles is 2. The first-order valence-electron chi connectivity index (χ1n) is 5.78. The lowest BCUT2D eigenvalue weighted by Gasteiger charge is -2.19. The molecule has 4 N–H and O–H groups in total. The fraction of sp³-hybridized carbons (Fsp3) is 0.167. The van der Waals surface area contributed by atoms with Crippen LogP contribution in [-0.4, -0.2) is 23.0 Å². The maximum atomic E-state index is 13.1. The zero-order valence-electron chi connectivity index (χ0n) is 11.4. The van der Waals surface area contributed by atoms with Crippen LogP contribution in [0, 0.1) is 28.1 Å². The van der Waals surface area contributed by atoms with Crippen LogP contribution < -0.4 is 11.2 Å². The molecule has 1 aromatic carbocycles. The molecule has 0 heterocycles. The summed E-state index contributed by atoms with van der Waals surface area (Å²) in [5.41, 5.74) is 5.87. The van der Waals surface area contributed by atoms with Crippen molar-refractivity contribution in [1.82, 2.24) is 0 Å². The lowest BCUT2D eigenvalue weighted by Crippen LogP contribution is -2.32. The molecule has 0 aliphatic heterocycles. The Bertz CT molecular complexity index is 759. The molecular weight excluding hydrogens is 355 g/mol. The van der Waals surface area contributed by atoms with Gasteiger partial charge < -0.3 is 5.73 Å². The van der Waals surface area contributed by atoms with Crippen LogP contribution in [0.25, 0.3) is 0 Å². The predicted molar refractivity (Wildman–Crippen MR) is 76.6 cm³/mol. The molecule has 0 fully saturated rings. The van der Waals surface area contributed by atoms with Gasteiger partial charge in [-0.3, -0.25) is 10.8 Å². The Kier molecular flexibility index (Phi) is 5.71. The number of nitrogens with zero attached hydrogens (tertiary/aromatic N) is 3. The lowest BCUT2D eigenvalue weighted by molar-refractivity contribution is -0.237. The Morgan fingerprint density at radius 2 is 1.88 bits per heavy atom. The van der Waals surface area contributed by atoms with Crippen LogP contribution in [0.3, 0.4) is 0 Å². The van der Waals surface area contributed by atoms with Gasteiger partial charge in [-0.15, -0.1) is 0 Å². The van der Waals surface area contributed by atoms with Gasteiger partial charge in [0.2, 0.25) is 5.71 Å². The van der Waals surface area contributed by atoms with Crippen LogP contribution in [0.2, 0.25) is 0 Å². The number of nitrogens with one attached hydrogen (secondary N) is 2. The number of alkyl halides is 5. The van der Waals surface area contributed by atoms with Crippen molar-refractivity contribution in [3.63, 3.8) is 0 Å². The summed E-state index contributed by atoms with van der Waals surface area (Å²) >= 11 is -0.837. The van der Waals surface area contributed by atoms with Crippen molar-refractivity contribution in [2.75, 3.05) is 5.43 Å². The molecule has 0 spiro atoms. The smallest absolute Gasteiger partial charge is 0.382 e. The third-order valence-corrected chi connectivity index (χ3v) is 3.40. The van der Waals surface area contributed by atoms with E-state index in [1.807, 2.05) is 0 Å². The van der Waals surface area contributed by atoms with Crippen molar-refractivity contribution in [2.45, 2.75) is 16.3 Å². The van der Waals surface area contributed by atoms with E-state index >= 15 is 0 Å². The van der Waals surface area contributed by atoms with E-state index in [4.69, 9.17) is 21.7 Å². The minimum Gasteiger partial charge on any atom is -0.382 e. The molecule has 0 bridgehead atoms. The predicted octanol–water partition coefficient (Wildman–Crippen LogP) is 3.03. The van der Waals surface area contributed by atoms with Gasteiger partial charge in [0.1, 0.15) is 12.1 Å². The first-order valence-corrected chi connectivity index (χ1v) is 6.60. The fourth-order valence-corrected chi connectivity index (χ4v) is 2.08. The summed E-state index contributed by atoms with van der Waals surface area (Å²) in [5.74, 6) is -0.697. The van der Waals surface area contributed by atoms with E-state index in [9.17, 15) is 22.0 Å². The van der Waals surface area contributed by atoms with E-state index in [2.05, 4.69) is 10.5 Å². The Hall–Kier alpha value is -2.86. The first kappa shape index (κ1) is 19.2. The number of thioether (sulfide) groups is 1. The zero-order valence-corrected chi connectivity index (χ0v) is 12.3. The summed E-state index contributed by atoms with van der Waals surface area (Å²) in [7, 11) is 0. The van der Waals surface area contributed by atoms with Gasteiger partial charge in [-0.25, -0.2) is 0 Å². The fourth-order valence-electron chi connectivity index (χ4n) is 1.28. The monoisotopic (exact) mass is 362 g/mol. The minimum atomic E-state index is -5.80. The summed E-state index contributed by atoms with van der Waals surface area (Å²) in [6, 6.07) is 6.15. The van der Waals surface area contributed by atoms with Gasteiger partial charge in [-0.05, 0) is 23.9 Å². The van der Waals surface area contributed by atoms with Crippen LogP contribution in [-0.2, 0) is 0 Å². The van der Waals surface area contributed by atoms with Crippen molar-refractivity contribution in [1.29, 1.82) is 15.9 Å². The Labute approximate surface area is 136 Å². The maximum absolute atomic E-state index is 13.1. The second-order valence-corrected chi connectivity index (χ2v) is 5.16. The molecule has 0 aliphatic carbocycles. The van der Waals surface area contributed by atoms with E-state index in [1.54, 1.807) is 0 Å². The normalized spacial score (nSPS) is 12.2. The SMILES string of the molecule is N#C/C(=N\Nc1cccc(SC(F)(F)C(F)(F)F)c1C#N)C(=N)N. The Morgan fingerprint density at radius 1 is 1.25 bits per heavy atom. The standard InChI is InChI=1S/C12H7F5N6S/c13-11(14,15)12(16,17)24-9-3-1-2-7(6(9)4-18)22-23-8(5-19)10(20)21/h1-3,22H,(H3,20,21)/b23-8+. The van der Waals surface area contributed by atoms with Crippen molar-refractivity contribution in [2.24, 2.45) is 10.8 Å². The summed E-state index contributed by atoms with van der Waals surface area (Å²) in [6.45, 7) is 0. The summed E-state index contributed by atoms with van der Waals surface area (Å²) in [5, 5.41) is 23.0. The molecule has 24 heavy (non-hydrogen) atoms. The van der Waals surface area contributed by atoms with Crippen LogP contribution in [0.1, 0.15) is 5.56 Å². The highest BCUT2D eigenvalue weighted by atomic mass is 32.2. The topological polar surface area (TPSA) is 122 Å². The van der Waals surface area contributed by atoms with Gasteiger partial charge in [-0.2, -0.15) is 37.6 Å². The van der Waals surface area contributed by atoms with Crippen molar-refractivity contribution < 1.29 is 22.0 Å². The van der Waals surface area contributed by atoms with Crippen LogP contribution >= 0.6 is 11.8 Å². The maximum Gasteiger partial charge on any atom is 0.464 e. The molecule has 1 aromatic rings. The quantitative estimate of drug-likeness (QED) is 0.244. The molecule has 0 unspecified atom stereocenters. The van der Waals surface area contributed by atoms with Crippen LogP contribution in [0.5, 0.6) is 0 Å². The molecule has 0 aromatic heterocycles. The van der Waals surface area contributed by atoms with Gasteiger partial charge >= 0.3 is 11.4 Å². The largest absolute Gasteiger partial charge is 0.464 e. The molecule has 126 valence electrons. The molecule has 6 nitrogen and oxygen atoms in total. The van der Waals surface area contributed by atoms with E-state index in [0.717, 1.165) is 12.1 Å². The highest BCUT2D eigenvalue weighted by molar-refractivity contribution is 8.00. The number of hydrogen-bond acceptors (Lipinski definition) is 6. The Morgan fingerprint density at radius 3 is 2.33 bits per heavy atom. The molecule has 12 heteroatoms. The lowest BCUT2D eigenvalue weighted by atomic mass is 10.2. The number of nitrogens with two attached hydrogens (primary N) is 1. The number of anilines is 1. The molecule has 0 aliphatic rings. The van der Waals surface area contributed by atoms with E-state index in [0.29, 0.717) is 0 Å². The molecule has 1 rings (SSSR count). The second kappa shape index (κ2) is 7.14. The Balaban J connectivity index is 3.23. The number of hydrogen-bond donors (Lipinski definition) is 3. The molecule has 0 saturated heterocycles. The molecule has 0 saturated carbocycles. The zero-order chi connectivity index (χ0) is 18.5. The summed E-state index contributed by atoms with van der Waals surface area (Å²) in [6.07, 6.45) is -5.80. The average molecular weight is 362 g/mol. The molecular formula is C12H7F5N6S. The highest BCUT2D eigenvalue weighted by Crippen LogP contribution is 2.48. The van der Waals surface area contributed by atoms with Crippen molar-refractivity contribution in [3.8, 4) is 12.1 Å². The number of benzene rings is 1. The third kappa shape index (κ3) is 4.33. The van der Waals surface area contributed by atoms with Gasteiger partial charge in [-0.1, -0.05) is 6.07 Å². The van der Waals surface area contributed by atoms with Crippen LogP contribution in [0.15, 0.2) is 28.2 Å². The molecule has 0 amide bonds. The van der Waals surface area contributed by atoms with Crippen molar-refractivity contribution >= 4 is 29.0 Å². The number of rotatable bonds is 5. The average Bonchev–Trinajstić information content (AvgIpc) is 2.46. The summed E-state index contributed by atoms with van der Waals surface area (Å²) < 4.78 is 63.1. The molecule has 0 radical (unpaired) electrons. The minimum absolute atomic E-state index is 0.227. The van der Waals surface area contributed by atoms with Gasteiger partial charge in [0.05, 0.1) is 11.3 Å². The summed E-state index contributed by atoms with van der Waals surface area (Å²) in [4.78, 5) is -0.638. The van der Waals surface area contributed by atoms with E-state index in [1.165, 1.54) is 18.2 Å². The highest BCUT2D eigenvalue weighted by Gasteiger charge is 2.58. The van der Waals surface area contributed by atoms with Crippen LogP contribution in [0.4, 0.5) is 27.6 Å². The third-order valence-electron chi connectivity index (χ3n) is 2.36. The van der Waals surface area contributed by atoms with Crippen molar-refractivity contribution in [3.05, 3.63) is 23.8 Å². The van der Waals surface area contributed by atoms with Gasteiger partial charge in [0, 0.05) is 4.90 Å². The van der Waals surface area contributed by atoms with Gasteiger partial charge in [0.25, 0.3) is 0 Å². The van der Waals surface area contributed by atoms with E-state index < -0.39 is 45.2 Å². The first-order chi connectivity index (χ1) is 11.0. The second-order valence-electron chi connectivity index (χ2n) is 4.00.